The van der Waals surface area contributed by atoms with Crippen LogP contribution in [0.1, 0.15) is 38.4 Å². The minimum Gasteiger partial charge on any atom is -0.475 e. The number of aryl methyl sites for hydroxylation is 1. The summed E-state index contributed by atoms with van der Waals surface area (Å²) >= 11 is 0. The van der Waals surface area contributed by atoms with Crippen LogP contribution >= 0.6 is 0 Å². The molecule has 6 nitrogen and oxygen atoms in total. The first kappa shape index (κ1) is 15.0. The Morgan fingerprint density at radius 1 is 1.27 bits per heavy atom. The molecule has 1 aliphatic rings. The highest BCUT2D eigenvalue weighted by molar-refractivity contribution is 5.57. The Hall–Kier alpha value is -1.95. The van der Waals surface area contributed by atoms with Gasteiger partial charge in [0.1, 0.15) is 5.69 Å². The Morgan fingerprint density at radius 3 is 2.77 bits per heavy atom. The van der Waals surface area contributed by atoms with E-state index in [-0.39, 0.29) is 6.10 Å². The molecule has 3 heterocycles. The van der Waals surface area contributed by atoms with E-state index < -0.39 is 0 Å². The number of rotatable bonds is 4. The third kappa shape index (κ3) is 3.11. The lowest BCUT2D eigenvalue weighted by Crippen LogP contribution is -2.30. The summed E-state index contributed by atoms with van der Waals surface area (Å²) in [6.07, 6.45) is 2.24. The van der Waals surface area contributed by atoms with Gasteiger partial charge >= 0.3 is 0 Å². The summed E-state index contributed by atoms with van der Waals surface area (Å²) in [5.74, 6) is 0.643. The van der Waals surface area contributed by atoms with Crippen molar-refractivity contribution in [3.8, 4) is 17.3 Å². The molecule has 0 aromatic carbocycles. The molecule has 0 atom stereocenters. The molecule has 3 rings (SSSR count). The van der Waals surface area contributed by atoms with Crippen LogP contribution in [0, 0.1) is 6.92 Å². The number of nitrogens with zero attached hydrogens (tertiary/aromatic N) is 4. The summed E-state index contributed by atoms with van der Waals surface area (Å²) in [6.45, 7) is 8.03. The normalized spacial score (nSPS) is 16.2. The SMILES string of the molecule is Cc1nnn(C2CCNCC2)c1-c1cccc(OC(C)C)n1. The number of hydrogen-bond acceptors (Lipinski definition) is 5. The lowest BCUT2D eigenvalue weighted by Gasteiger charge is -2.24. The van der Waals surface area contributed by atoms with E-state index in [0.717, 1.165) is 43.0 Å². The molecule has 0 bridgehead atoms. The third-order valence-corrected chi connectivity index (χ3v) is 3.84. The maximum Gasteiger partial charge on any atom is 0.214 e. The molecule has 0 unspecified atom stereocenters. The Bertz CT molecular complexity index is 631. The molecule has 1 saturated heterocycles. The van der Waals surface area contributed by atoms with Gasteiger partial charge in [-0.2, -0.15) is 0 Å². The molecule has 1 N–H and O–H groups in total. The quantitative estimate of drug-likeness (QED) is 0.939. The van der Waals surface area contributed by atoms with Crippen LogP contribution in [0.3, 0.4) is 0 Å². The molecule has 0 aliphatic carbocycles. The Balaban J connectivity index is 1.95. The average Bonchev–Trinajstić information content (AvgIpc) is 2.89. The van der Waals surface area contributed by atoms with Gasteiger partial charge in [-0.05, 0) is 52.8 Å². The van der Waals surface area contributed by atoms with E-state index in [4.69, 9.17) is 4.74 Å². The summed E-state index contributed by atoms with van der Waals surface area (Å²) < 4.78 is 7.75. The fourth-order valence-corrected chi connectivity index (χ4v) is 2.84. The molecule has 0 saturated carbocycles. The van der Waals surface area contributed by atoms with Crippen molar-refractivity contribution >= 4 is 0 Å². The zero-order valence-electron chi connectivity index (χ0n) is 13.4. The smallest absolute Gasteiger partial charge is 0.214 e. The van der Waals surface area contributed by atoms with Crippen LogP contribution in [0.4, 0.5) is 0 Å². The van der Waals surface area contributed by atoms with Crippen molar-refractivity contribution in [2.45, 2.75) is 45.8 Å². The minimum absolute atomic E-state index is 0.108. The summed E-state index contributed by atoms with van der Waals surface area (Å²) in [5, 5.41) is 12.0. The van der Waals surface area contributed by atoms with E-state index in [2.05, 4.69) is 20.6 Å². The van der Waals surface area contributed by atoms with Crippen LogP contribution < -0.4 is 10.1 Å². The van der Waals surface area contributed by atoms with Crippen LogP contribution in [0.5, 0.6) is 5.88 Å². The molecule has 6 heteroatoms. The van der Waals surface area contributed by atoms with E-state index in [1.807, 2.05) is 43.7 Å². The summed E-state index contributed by atoms with van der Waals surface area (Å²) in [4.78, 5) is 4.63. The van der Waals surface area contributed by atoms with Gasteiger partial charge in [-0.1, -0.05) is 11.3 Å². The molecular formula is C16H23N5O. The van der Waals surface area contributed by atoms with Crippen molar-refractivity contribution in [3.63, 3.8) is 0 Å². The molecular weight excluding hydrogens is 278 g/mol. The molecule has 1 aliphatic heterocycles. The first-order chi connectivity index (χ1) is 10.6. The maximum absolute atomic E-state index is 5.71. The lowest BCUT2D eigenvalue weighted by molar-refractivity contribution is 0.233. The van der Waals surface area contributed by atoms with Crippen molar-refractivity contribution < 1.29 is 4.74 Å². The van der Waals surface area contributed by atoms with Crippen LogP contribution in [-0.2, 0) is 0 Å². The topological polar surface area (TPSA) is 64.9 Å². The Kier molecular flexibility index (Phi) is 4.38. The largest absolute Gasteiger partial charge is 0.475 e. The van der Waals surface area contributed by atoms with Crippen LogP contribution in [0.15, 0.2) is 18.2 Å². The van der Waals surface area contributed by atoms with Gasteiger partial charge in [0.15, 0.2) is 0 Å². The third-order valence-electron chi connectivity index (χ3n) is 3.84. The Morgan fingerprint density at radius 2 is 2.05 bits per heavy atom. The summed E-state index contributed by atoms with van der Waals surface area (Å²) in [5.41, 5.74) is 2.79. The number of nitrogens with one attached hydrogen (secondary N) is 1. The van der Waals surface area contributed by atoms with Crippen molar-refractivity contribution in [3.05, 3.63) is 23.9 Å². The van der Waals surface area contributed by atoms with Crippen molar-refractivity contribution in [2.24, 2.45) is 0 Å². The number of ether oxygens (including phenoxy) is 1. The first-order valence-electron chi connectivity index (χ1n) is 7.91. The van der Waals surface area contributed by atoms with Gasteiger partial charge in [-0.15, -0.1) is 5.10 Å². The maximum atomic E-state index is 5.71. The second kappa shape index (κ2) is 6.44. The van der Waals surface area contributed by atoms with Gasteiger partial charge in [-0.25, -0.2) is 9.67 Å². The van der Waals surface area contributed by atoms with Crippen LogP contribution in [0.2, 0.25) is 0 Å². The molecule has 2 aromatic rings. The predicted molar refractivity (Wildman–Crippen MR) is 84.9 cm³/mol. The number of hydrogen-bond donors (Lipinski definition) is 1. The molecule has 0 spiro atoms. The average molecular weight is 301 g/mol. The summed E-state index contributed by atoms with van der Waals surface area (Å²) in [7, 11) is 0. The number of pyridine rings is 1. The molecule has 2 aromatic heterocycles. The Labute approximate surface area is 130 Å². The summed E-state index contributed by atoms with van der Waals surface area (Å²) in [6, 6.07) is 6.24. The van der Waals surface area contributed by atoms with Gasteiger partial charge < -0.3 is 10.1 Å². The second-order valence-corrected chi connectivity index (χ2v) is 5.98. The molecule has 0 amide bonds. The molecule has 1 fully saturated rings. The highest BCUT2D eigenvalue weighted by Gasteiger charge is 2.22. The number of aromatic nitrogens is 4. The van der Waals surface area contributed by atoms with Gasteiger partial charge in [-0.3, -0.25) is 0 Å². The fourth-order valence-electron chi connectivity index (χ4n) is 2.84. The van der Waals surface area contributed by atoms with Gasteiger partial charge in [0, 0.05) is 6.07 Å². The second-order valence-electron chi connectivity index (χ2n) is 5.98. The van der Waals surface area contributed by atoms with E-state index in [1.165, 1.54) is 0 Å². The molecule has 118 valence electrons. The van der Waals surface area contributed by atoms with Gasteiger partial charge in [0.05, 0.1) is 23.5 Å². The van der Waals surface area contributed by atoms with Crippen molar-refractivity contribution in [2.75, 3.05) is 13.1 Å². The molecule has 0 radical (unpaired) electrons. The van der Waals surface area contributed by atoms with Gasteiger partial charge in [0.2, 0.25) is 5.88 Å². The highest BCUT2D eigenvalue weighted by Crippen LogP contribution is 2.28. The van der Waals surface area contributed by atoms with E-state index in [1.54, 1.807) is 0 Å². The van der Waals surface area contributed by atoms with Gasteiger partial charge in [0.25, 0.3) is 0 Å². The fraction of sp³-hybridized carbons (Fsp3) is 0.562. The van der Waals surface area contributed by atoms with Crippen molar-refractivity contribution in [1.82, 2.24) is 25.3 Å². The van der Waals surface area contributed by atoms with E-state index >= 15 is 0 Å². The van der Waals surface area contributed by atoms with E-state index in [0.29, 0.717) is 11.9 Å². The lowest BCUT2D eigenvalue weighted by atomic mass is 10.1. The zero-order chi connectivity index (χ0) is 15.5. The van der Waals surface area contributed by atoms with Crippen LogP contribution in [-0.4, -0.2) is 39.2 Å². The number of piperidine rings is 1. The van der Waals surface area contributed by atoms with Crippen molar-refractivity contribution in [1.29, 1.82) is 0 Å². The molecule has 22 heavy (non-hydrogen) atoms. The predicted octanol–water partition coefficient (Wildman–Crippen LogP) is 2.36. The first-order valence-corrected chi connectivity index (χ1v) is 7.91. The highest BCUT2D eigenvalue weighted by atomic mass is 16.5. The minimum atomic E-state index is 0.108. The zero-order valence-corrected chi connectivity index (χ0v) is 13.4. The monoisotopic (exact) mass is 301 g/mol. The van der Waals surface area contributed by atoms with E-state index in [9.17, 15) is 0 Å². The standard InChI is InChI=1S/C16H23N5O/c1-11(2)22-15-6-4-5-14(18-15)16-12(3)19-20-21(16)13-7-9-17-10-8-13/h4-6,11,13,17H,7-10H2,1-3H3. The van der Waals surface area contributed by atoms with Crippen LogP contribution in [0.25, 0.3) is 11.4 Å².